The Hall–Kier alpha value is -4.48. The molecule has 0 unspecified atom stereocenters. The maximum Gasteiger partial charge on any atom is 0.245 e. The van der Waals surface area contributed by atoms with Gasteiger partial charge < -0.3 is 53.4 Å². The van der Waals surface area contributed by atoms with Crippen LogP contribution in [0.4, 0.5) is 0 Å². The van der Waals surface area contributed by atoms with E-state index >= 15 is 0 Å². The third-order valence-corrected chi connectivity index (χ3v) is 9.22. The number of amides is 7. The van der Waals surface area contributed by atoms with Gasteiger partial charge in [0, 0.05) is 26.6 Å². The second-order valence-electron chi connectivity index (χ2n) is 14.4. The van der Waals surface area contributed by atoms with E-state index in [2.05, 4.69) is 36.9 Å². The van der Waals surface area contributed by atoms with Gasteiger partial charge >= 0.3 is 0 Å². The molecule has 11 N–H and O–H groups in total. The number of nitrogens with one attached hydrogen (secondary N) is 6. The molecule has 0 radical (unpaired) electrons. The Kier molecular flexibility index (Phi) is 21.2. The van der Waals surface area contributed by atoms with Crippen molar-refractivity contribution in [2.24, 2.45) is 28.3 Å². The number of nitrogens with two attached hydrogens (primary N) is 2. The Labute approximate surface area is 319 Å². The fourth-order valence-electron chi connectivity index (χ4n) is 6.19. The summed E-state index contributed by atoms with van der Waals surface area (Å²) in [5.41, 5.74) is 10.9. The third kappa shape index (κ3) is 15.9. The largest absolute Gasteiger partial charge is 0.391 e. The van der Waals surface area contributed by atoms with E-state index in [-0.39, 0.29) is 49.5 Å². The maximum absolute atomic E-state index is 13.9. The Bertz CT molecular complexity index is 1310. The van der Waals surface area contributed by atoms with Gasteiger partial charge in [-0.3, -0.25) is 38.6 Å². The Morgan fingerprint density at radius 2 is 1.39 bits per heavy atom. The standard InChI is InChI=1S/C36H66N10O8/c1-9-14-24(42-34(53)29(22(7)47)45-33(52)28(21(6)10-2)41-23(8)48)30(49)44-26(19-20(4)5)31(50)43-25(15-12-17-40-36(37)38)35(54)46-18-13-16-27(46)32(51)39-11-3/h20-22,24-29,47H,9-19H2,1-8H3,(H,39,51)(H,41,48)(H,42,53)(H,43,50)(H,44,49)(H,45,52)(H4,37,38,40)/t21-,22+,24-,25-,26+,27-,28+,29-/m0/s1. The minimum Gasteiger partial charge on any atom is -0.391 e. The van der Waals surface area contributed by atoms with E-state index < -0.39 is 77.8 Å². The molecule has 1 saturated heterocycles. The second-order valence-corrected chi connectivity index (χ2v) is 14.4. The number of likely N-dealkylation sites (N-methyl/N-ethyl adjacent to an activating group) is 1. The number of rotatable bonds is 23. The molecule has 1 rings (SSSR count). The van der Waals surface area contributed by atoms with Crippen LogP contribution in [-0.4, -0.2) is 119 Å². The molecular formula is C36H66N10O8. The molecular weight excluding hydrogens is 700 g/mol. The molecule has 18 heteroatoms. The molecule has 7 amide bonds. The van der Waals surface area contributed by atoms with E-state index in [1.165, 1.54) is 18.7 Å². The van der Waals surface area contributed by atoms with Crippen LogP contribution in [0.3, 0.4) is 0 Å². The molecule has 0 aromatic heterocycles. The van der Waals surface area contributed by atoms with Crippen LogP contribution in [0.15, 0.2) is 4.99 Å². The first kappa shape index (κ1) is 47.5. The van der Waals surface area contributed by atoms with Gasteiger partial charge in [0.2, 0.25) is 41.4 Å². The van der Waals surface area contributed by atoms with Crippen molar-refractivity contribution in [3.05, 3.63) is 0 Å². The number of hydrogen-bond donors (Lipinski definition) is 9. The molecule has 0 bridgehead atoms. The topological polar surface area (TPSA) is 280 Å². The van der Waals surface area contributed by atoms with E-state index in [0.717, 1.165) is 0 Å². The number of hydrogen-bond acceptors (Lipinski definition) is 9. The lowest BCUT2D eigenvalue weighted by atomic mass is 9.97. The minimum atomic E-state index is -1.46. The number of carbonyl (C=O) groups is 7. The van der Waals surface area contributed by atoms with Gasteiger partial charge in [-0.15, -0.1) is 0 Å². The van der Waals surface area contributed by atoms with Crippen LogP contribution in [0.5, 0.6) is 0 Å². The summed E-state index contributed by atoms with van der Waals surface area (Å²) < 4.78 is 0. The van der Waals surface area contributed by atoms with Crippen LogP contribution in [-0.2, 0) is 33.6 Å². The van der Waals surface area contributed by atoms with Crippen molar-refractivity contribution in [1.29, 1.82) is 0 Å². The molecule has 1 fully saturated rings. The van der Waals surface area contributed by atoms with Gasteiger partial charge in [0.25, 0.3) is 0 Å². The van der Waals surface area contributed by atoms with Gasteiger partial charge in [-0.1, -0.05) is 47.5 Å². The summed E-state index contributed by atoms with van der Waals surface area (Å²) in [6, 6.07) is -6.41. The maximum atomic E-state index is 13.9. The van der Waals surface area contributed by atoms with Crippen molar-refractivity contribution >= 4 is 47.3 Å². The second kappa shape index (κ2) is 24.0. The number of aliphatic hydroxyl groups excluding tert-OH is 1. The number of carbonyl (C=O) groups excluding carboxylic acids is 7. The summed E-state index contributed by atoms with van der Waals surface area (Å²) in [5.74, 6) is -4.42. The van der Waals surface area contributed by atoms with E-state index in [4.69, 9.17) is 11.5 Å². The van der Waals surface area contributed by atoms with Gasteiger partial charge in [-0.05, 0) is 64.2 Å². The predicted molar refractivity (Wildman–Crippen MR) is 204 cm³/mol. The summed E-state index contributed by atoms with van der Waals surface area (Å²) in [5, 5.41) is 26.5. The van der Waals surface area contributed by atoms with E-state index in [9.17, 15) is 38.7 Å². The number of aliphatic imine (C=N–C) groups is 1. The van der Waals surface area contributed by atoms with Crippen LogP contribution >= 0.6 is 0 Å². The predicted octanol–water partition coefficient (Wildman–Crippen LogP) is -1.12. The molecule has 18 nitrogen and oxygen atoms in total. The van der Waals surface area contributed by atoms with Crippen LogP contribution in [0.25, 0.3) is 0 Å². The zero-order valence-corrected chi connectivity index (χ0v) is 33.3. The molecule has 1 heterocycles. The van der Waals surface area contributed by atoms with Crippen LogP contribution < -0.4 is 43.4 Å². The number of nitrogens with zero attached hydrogens (tertiary/aromatic N) is 2. The first-order valence-corrected chi connectivity index (χ1v) is 19.2. The van der Waals surface area contributed by atoms with E-state index in [1.54, 1.807) is 20.8 Å². The monoisotopic (exact) mass is 767 g/mol. The van der Waals surface area contributed by atoms with Gasteiger partial charge in [-0.25, -0.2) is 0 Å². The highest BCUT2D eigenvalue weighted by Crippen LogP contribution is 2.20. The smallest absolute Gasteiger partial charge is 0.245 e. The average Bonchev–Trinajstić information content (AvgIpc) is 3.59. The van der Waals surface area contributed by atoms with Crippen molar-refractivity contribution in [2.45, 2.75) is 149 Å². The zero-order valence-electron chi connectivity index (χ0n) is 33.3. The molecule has 0 aliphatic carbocycles. The highest BCUT2D eigenvalue weighted by Gasteiger charge is 2.39. The molecule has 1 aliphatic rings. The third-order valence-electron chi connectivity index (χ3n) is 9.22. The van der Waals surface area contributed by atoms with Crippen molar-refractivity contribution in [3.63, 3.8) is 0 Å². The highest BCUT2D eigenvalue weighted by molar-refractivity contribution is 5.97. The molecule has 1 aliphatic heterocycles. The summed E-state index contributed by atoms with van der Waals surface area (Å²) in [7, 11) is 0. The number of guanidine groups is 1. The first-order chi connectivity index (χ1) is 25.4. The minimum absolute atomic E-state index is 0.0751. The fourth-order valence-corrected chi connectivity index (χ4v) is 6.19. The molecule has 0 saturated carbocycles. The van der Waals surface area contributed by atoms with Gasteiger partial charge in [0.05, 0.1) is 6.10 Å². The highest BCUT2D eigenvalue weighted by atomic mass is 16.3. The molecule has 8 atom stereocenters. The Balaban J connectivity index is 3.28. The van der Waals surface area contributed by atoms with Crippen LogP contribution in [0, 0.1) is 11.8 Å². The average molecular weight is 767 g/mol. The van der Waals surface area contributed by atoms with Crippen molar-refractivity contribution in [2.75, 3.05) is 19.6 Å². The Morgan fingerprint density at radius 1 is 0.796 bits per heavy atom. The van der Waals surface area contributed by atoms with Gasteiger partial charge in [0.15, 0.2) is 5.96 Å². The van der Waals surface area contributed by atoms with Crippen molar-refractivity contribution in [1.82, 2.24) is 36.8 Å². The molecule has 0 aromatic carbocycles. The summed E-state index contributed by atoms with van der Waals surface area (Å²) >= 11 is 0. The number of likely N-dealkylation sites (tertiary alicyclic amines) is 1. The lowest BCUT2D eigenvalue weighted by molar-refractivity contribution is -0.142. The van der Waals surface area contributed by atoms with E-state index in [0.29, 0.717) is 45.2 Å². The quantitative estimate of drug-likeness (QED) is 0.0343. The zero-order chi connectivity index (χ0) is 41.1. The first-order valence-electron chi connectivity index (χ1n) is 19.2. The SMILES string of the molecule is CCC[C@H](NC(=O)[C@@H](NC(=O)[C@H](NC(C)=O)[C@@H](C)CC)[C@@H](C)O)C(=O)N[C@H](CC(C)C)C(=O)N[C@@H](CCCN=C(N)N)C(=O)N1CCC[C@H]1C(=O)NCC. The molecule has 54 heavy (non-hydrogen) atoms. The van der Waals surface area contributed by atoms with Crippen LogP contribution in [0.1, 0.15) is 107 Å². The Morgan fingerprint density at radius 3 is 1.93 bits per heavy atom. The summed E-state index contributed by atoms with van der Waals surface area (Å²) in [6.07, 6.45) is 1.59. The van der Waals surface area contributed by atoms with Crippen molar-refractivity contribution in [3.8, 4) is 0 Å². The lowest BCUT2D eigenvalue weighted by Gasteiger charge is -2.31. The fraction of sp³-hybridized carbons (Fsp3) is 0.778. The lowest BCUT2D eigenvalue weighted by Crippen LogP contribution is -2.61. The van der Waals surface area contributed by atoms with Gasteiger partial charge in [0.1, 0.15) is 36.3 Å². The summed E-state index contributed by atoms with van der Waals surface area (Å²) in [6.45, 7) is 14.4. The molecule has 0 spiro atoms. The molecule has 308 valence electrons. The normalized spacial score (nSPS) is 17.8. The van der Waals surface area contributed by atoms with Crippen molar-refractivity contribution < 1.29 is 38.7 Å². The van der Waals surface area contributed by atoms with Crippen LogP contribution in [0.2, 0.25) is 0 Å². The van der Waals surface area contributed by atoms with E-state index in [1.807, 2.05) is 20.8 Å². The van der Waals surface area contributed by atoms with Gasteiger partial charge in [-0.2, -0.15) is 0 Å². The number of aliphatic hydroxyl groups is 1. The summed E-state index contributed by atoms with van der Waals surface area (Å²) in [4.78, 5) is 98.2. The molecule has 0 aromatic rings.